The Bertz CT molecular complexity index is 1170. The molecule has 0 fully saturated rings. The van der Waals surface area contributed by atoms with Crippen molar-refractivity contribution in [1.29, 1.82) is 0 Å². The molecule has 45 heavy (non-hydrogen) atoms. The van der Waals surface area contributed by atoms with Crippen molar-refractivity contribution >= 4 is 11.6 Å². The number of nitrogens with one attached hydrogen (secondary N) is 1. The van der Waals surface area contributed by atoms with Crippen LogP contribution in [0.4, 0.5) is 5.69 Å². The predicted molar refractivity (Wildman–Crippen MR) is 197 cm³/mol. The Labute approximate surface area is 278 Å². The third-order valence-electron chi connectivity index (χ3n) is 8.96. The van der Waals surface area contributed by atoms with Crippen LogP contribution < -0.4 is 10.1 Å². The maximum absolute atomic E-state index is 13.4. The Morgan fingerprint density at radius 2 is 1.04 bits per heavy atom. The van der Waals surface area contributed by atoms with E-state index in [4.69, 9.17) is 4.74 Å². The Kier molecular flexibility index (Phi) is 13.8. The zero-order valence-electron chi connectivity index (χ0n) is 31.9. The second-order valence-electron chi connectivity index (χ2n) is 17.6. The lowest BCUT2D eigenvalue weighted by Gasteiger charge is -2.31. The number of carbonyl (C=O) groups excluding carboxylic acids is 1. The van der Waals surface area contributed by atoms with Gasteiger partial charge in [0.15, 0.2) is 0 Å². The third-order valence-corrected chi connectivity index (χ3v) is 8.96. The van der Waals surface area contributed by atoms with E-state index in [0.29, 0.717) is 6.42 Å². The molecule has 0 spiro atoms. The number of rotatable bonds is 14. The van der Waals surface area contributed by atoms with Gasteiger partial charge in [0.2, 0.25) is 5.91 Å². The second-order valence-corrected chi connectivity index (χ2v) is 17.6. The number of anilines is 1. The molecule has 0 heterocycles. The highest BCUT2D eigenvalue weighted by Gasteiger charge is 2.29. The van der Waals surface area contributed by atoms with Crippen LogP contribution in [0.3, 0.4) is 0 Å². The van der Waals surface area contributed by atoms with Crippen molar-refractivity contribution < 1.29 is 9.53 Å². The molecule has 0 aromatic heterocycles. The van der Waals surface area contributed by atoms with Crippen molar-refractivity contribution in [3.05, 3.63) is 57.6 Å². The number of carbonyl (C=O) groups is 1. The molecule has 2 aromatic carbocycles. The van der Waals surface area contributed by atoms with Gasteiger partial charge in [0, 0.05) is 23.2 Å². The molecule has 3 nitrogen and oxygen atoms in total. The van der Waals surface area contributed by atoms with E-state index in [2.05, 4.69) is 127 Å². The quantitative estimate of drug-likeness (QED) is 0.214. The number of amides is 1. The van der Waals surface area contributed by atoms with Crippen LogP contribution in [0.15, 0.2) is 24.3 Å². The molecule has 0 saturated carbocycles. The summed E-state index contributed by atoms with van der Waals surface area (Å²) in [7, 11) is 0. The summed E-state index contributed by atoms with van der Waals surface area (Å²) in [6, 6.07) is 8.95. The van der Waals surface area contributed by atoms with Crippen molar-refractivity contribution in [1.82, 2.24) is 0 Å². The van der Waals surface area contributed by atoms with Gasteiger partial charge in [-0.05, 0) is 75.8 Å². The van der Waals surface area contributed by atoms with Gasteiger partial charge in [-0.3, -0.25) is 4.79 Å². The standard InChI is InChI=1S/C42H69NO2/c1-15-16-17-18-19-20-21-22-25-45-38-35(41(9,10)11)28-32(29-36(38)42(12,13)14)43-37(44)24-23-31-26-33(39(3,4)5)30(2)34(27-31)40(6,7)8/h26-29H,15-25H2,1-14H3,(H,43,44). The van der Waals surface area contributed by atoms with Gasteiger partial charge in [-0.2, -0.15) is 0 Å². The zero-order chi connectivity index (χ0) is 34.2. The summed E-state index contributed by atoms with van der Waals surface area (Å²) >= 11 is 0. The molecule has 254 valence electrons. The fourth-order valence-corrected chi connectivity index (χ4v) is 6.34. The minimum atomic E-state index is -0.121. The normalized spacial score (nSPS) is 12.8. The monoisotopic (exact) mass is 620 g/mol. The highest BCUT2D eigenvalue weighted by Crippen LogP contribution is 2.42. The van der Waals surface area contributed by atoms with Crippen molar-refractivity contribution in [2.24, 2.45) is 0 Å². The average molecular weight is 620 g/mol. The molecule has 0 bridgehead atoms. The van der Waals surface area contributed by atoms with Gasteiger partial charge in [0.05, 0.1) is 6.61 Å². The van der Waals surface area contributed by atoms with Crippen LogP contribution in [0.5, 0.6) is 5.75 Å². The van der Waals surface area contributed by atoms with Crippen molar-refractivity contribution in [2.45, 2.75) is 183 Å². The lowest BCUT2D eigenvalue weighted by Crippen LogP contribution is -2.22. The fraction of sp³-hybridized carbons (Fsp3) is 0.690. The Morgan fingerprint density at radius 3 is 1.47 bits per heavy atom. The number of hydrogen-bond donors (Lipinski definition) is 1. The number of hydrogen-bond acceptors (Lipinski definition) is 2. The molecule has 2 rings (SSSR count). The molecule has 0 aliphatic heterocycles. The summed E-state index contributed by atoms with van der Waals surface area (Å²) in [6.07, 6.45) is 11.4. The van der Waals surface area contributed by atoms with E-state index in [1.54, 1.807) is 0 Å². The van der Waals surface area contributed by atoms with Crippen LogP contribution in [-0.4, -0.2) is 12.5 Å². The first kappa shape index (κ1) is 38.9. The number of unbranched alkanes of at least 4 members (excludes halogenated alkanes) is 7. The first-order chi connectivity index (χ1) is 20.7. The molecule has 1 amide bonds. The van der Waals surface area contributed by atoms with Gasteiger partial charge in [-0.15, -0.1) is 0 Å². The highest BCUT2D eigenvalue weighted by atomic mass is 16.5. The molecule has 0 radical (unpaired) electrons. The molecule has 0 unspecified atom stereocenters. The molecule has 0 atom stereocenters. The Morgan fingerprint density at radius 1 is 0.622 bits per heavy atom. The number of aryl methyl sites for hydroxylation is 1. The van der Waals surface area contributed by atoms with E-state index in [-0.39, 0.29) is 27.6 Å². The summed E-state index contributed by atoms with van der Waals surface area (Å²) in [5.41, 5.74) is 8.40. The number of benzene rings is 2. The summed E-state index contributed by atoms with van der Waals surface area (Å²) in [6.45, 7) is 32.3. The Hall–Kier alpha value is -2.29. The first-order valence-electron chi connectivity index (χ1n) is 17.9. The lowest BCUT2D eigenvalue weighted by molar-refractivity contribution is -0.116. The summed E-state index contributed by atoms with van der Waals surface area (Å²) in [5.74, 6) is 1.05. The van der Waals surface area contributed by atoms with E-state index >= 15 is 0 Å². The van der Waals surface area contributed by atoms with Gasteiger partial charge in [-0.1, -0.05) is 147 Å². The molecule has 2 aromatic rings. The van der Waals surface area contributed by atoms with E-state index in [1.807, 2.05) is 0 Å². The second kappa shape index (κ2) is 16.0. The summed E-state index contributed by atoms with van der Waals surface area (Å²) < 4.78 is 6.61. The topological polar surface area (TPSA) is 38.3 Å². The molecule has 0 aliphatic rings. The Balaban J connectivity index is 2.24. The largest absolute Gasteiger partial charge is 0.493 e. The molecule has 0 saturated heterocycles. The van der Waals surface area contributed by atoms with Crippen molar-refractivity contribution in [3.63, 3.8) is 0 Å². The lowest BCUT2D eigenvalue weighted by atomic mass is 9.75. The van der Waals surface area contributed by atoms with Crippen LogP contribution in [-0.2, 0) is 32.9 Å². The summed E-state index contributed by atoms with van der Waals surface area (Å²) in [4.78, 5) is 13.4. The van der Waals surface area contributed by atoms with Crippen molar-refractivity contribution in [2.75, 3.05) is 11.9 Å². The summed E-state index contributed by atoms with van der Waals surface area (Å²) in [5, 5.41) is 3.28. The molecular weight excluding hydrogens is 550 g/mol. The third kappa shape index (κ3) is 12.1. The van der Waals surface area contributed by atoms with Gasteiger partial charge >= 0.3 is 0 Å². The van der Waals surface area contributed by atoms with E-state index < -0.39 is 0 Å². The average Bonchev–Trinajstić information content (AvgIpc) is 2.89. The van der Waals surface area contributed by atoms with Gasteiger partial charge < -0.3 is 10.1 Å². The zero-order valence-corrected chi connectivity index (χ0v) is 31.9. The van der Waals surface area contributed by atoms with Crippen LogP contribution in [0.2, 0.25) is 0 Å². The van der Waals surface area contributed by atoms with E-state index in [0.717, 1.165) is 42.0 Å². The molecular formula is C42H69NO2. The van der Waals surface area contributed by atoms with Crippen LogP contribution in [0, 0.1) is 6.92 Å². The molecule has 0 aliphatic carbocycles. The van der Waals surface area contributed by atoms with Gasteiger partial charge in [0.1, 0.15) is 5.75 Å². The fourth-order valence-electron chi connectivity index (χ4n) is 6.34. The number of ether oxygens (including phenoxy) is 1. The van der Waals surface area contributed by atoms with Gasteiger partial charge in [-0.25, -0.2) is 0 Å². The van der Waals surface area contributed by atoms with Gasteiger partial charge in [0.25, 0.3) is 0 Å². The van der Waals surface area contributed by atoms with Crippen LogP contribution in [0.25, 0.3) is 0 Å². The van der Waals surface area contributed by atoms with Crippen LogP contribution in [0.1, 0.15) is 181 Å². The molecule has 3 heteroatoms. The van der Waals surface area contributed by atoms with Crippen molar-refractivity contribution in [3.8, 4) is 5.75 Å². The maximum Gasteiger partial charge on any atom is 0.224 e. The molecule has 1 N–H and O–H groups in total. The first-order valence-corrected chi connectivity index (χ1v) is 17.9. The smallest absolute Gasteiger partial charge is 0.224 e. The minimum Gasteiger partial charge on any atom is -0.493 e. The highest BCUT2D eigenvalue weighted by molar-refractivity contribution is 5.91. The van der Waals surface area contributed by atoms with E-state index in [9.17, 15) is 4.79 Å². The maximum atomic E-state index is 13.4. The predicted octanol–water partition coefficient (Wildman–Crippen LogP) is 12.3. The van der Waals surface area contributed by atoms with E-state index in [1.165, 1.54) is 67.2 Å². The minimum absolute atomic E-state index is 0.0487. The van der Waals surface area contributed by atoms with Crippen LogP contribution >= 0.6 is 0 Å². The SMILES string of the molecule is CCCCCCCCCCOc1c(C(C)(C)C)cc(NC(=O)CCc2cc(C(C)(C)C)c(C)c(C(C)(C)C)c2)cc1C(C)(C)C.